The lowest BCUT2D eigenvalue weighted by molar-refractivity contribution is -0.133. The van der Waals surface area contributed by atoms with Gasteiger partial charge in [0.15, 0.2) is 0 Å². The smallest absolute Gasteiger partial charge is 0.344 e. The van der Waals surface area contributed by atoms with Gasteiger partial charge in [-0.05, 0) is 18.6 Å². The van der Waals surface area contributed by atoms with E-state index in [0.29, 0.717) is 25.5 Å². The number of halogens is 3. The number of hydrogen-bond acceptors (Lipinski definition) is 5. The fourth-order valence-corrected chi connectivity index (χ4v) is 3.38. The van der Waals surface area contributed by atoms with E-state index in [1.54, 1.807) is 12.3 Å². The minimum atomic E-state index is -4.33. The molecule has 6 nitrogen and oxygen atoms in total. The van der Waals surface area contributed by atoms with E-state index in [0.717, 1.165) is 12.4 Å². The summed E-state index contributed by atoms with van der Waals surface area (Å²) in [4.78, 5) is 33.4. The molecule has 0 bridgehead atoms. The van der Waals surface area contributed by atoms with Gasteiger partial charge in [-0.3, -0.25) is 9.69 Å². The molecule has 0 N–H and O–H groups in total. The Morgan fingerprint density at radius 3 is 2.67 bits per heavy atom. The van der Waals surface area contributed by atoms with E-state index in [1.165, 1.54) is 4.90 Å². The van der Waals surface area contributed by atoms with E-state index < -0.39 is 17.8 Å². The Morgan fingerprint density at radius 1 is 1.26 bits per heavy atom. The number of pyridine rings is 1. The highest BCUT2D eigenvalue weighted by molar-refractivity contribution is 5.79. The number of amides is 1. The van der Waals surface area contributed by atoms with Crippen molar-refractivity contribution in [2.75, 3.05) is 44.2 Å². The van der Waals surface area contributed by atoms with Crippen LogP contribution in [0.2, 0.25) is 0 Å². The van der Waals surface area contributed by atoms with Gasteiger partial charge in [-0.2, -0.15) is 13.2 Å². The van der Waals surface area contributed by atoms with Gasteiger partial charge in [-0.25, -0.2) is 4.98 Å². The zero-order chi connectivity index (χ0) is 19.4. The van der Waals surface area contributed by atoms with Gasteiger partial charge in [0, 0.05) is 44.5 Å². The number of hydrogen-bond donors (Lipinski definition) is 0. The van der Waals surface area contributed by atoms with E-state index in [1.807, 2.05) is 21.9 Å². The van der Waals surface area contributed by atoms with Gasteiger partial charge in [0.05, 0.1) is 12.6 Å². The predicted molar refractivity (Wildman–Crippen MR) is 93.2 cm³/mol. The molecular weight excluding hydrogens is 361 g/mol. The molecule has 0 radical (unpaired) electrons. The fourth-order valence-electron chi connectivity index (χ4n) is 3.38. The molecule has 146 valence electrons. The van der Waals surface area contributed by atoms with Gasteiger partial charge < -0.3 is 14.6 Å². The van der Waals surface area contributed by atoms with Crippen LogP contribution in [0.4, 0.5) is 19.0 Å². The Balaban J connectivity index is 1.56. The Morgan fingerprint density at radius 2 is 2.07 bits per heavy atom. The summed E-state index contributed by atoms with van der Waals surface area (Å²) >= 11 is 0. The number of rotatable bonds is 4. The molecule has 2 aliphatic heterocycles. The van der Waals surface area contributed by atoms with Crippen molar-refractivity contribution in [3.8, 4) is 0 Å². The van der Waals surface area contributed by atoms with Gasteiger partial charge in [0.25, 0.3) is 0 Å². The summed E-state index contributed by atoms with van der Waals surface area (Å²) in [5.74, 6) is 0.491. The van der Waals surface area contributed by atoms with Crippen LogP contribution in [0.15, 0.2) is 36.0 Å². The third kappa shape index (κ3) is 4.65. The van der Waals surface area contributed by atoms with Crippen LogP contribution in [0.5, 0.6) is 0 Å². The van der Waals surface area contributed by atoms with Crippen LogP contribution in [0.1, 0.15) is 6.42 Å². The third-order valence-corrected chi connectivity index (χ3v) is 4.89. The molecule has 0 aliphatic carbocycles. The van der Waals surface area contributed by atoms with Gasteiger partial charge in [-0.1, -0.05) is 12.1 Å². The fraction of sp³-hybridized carbons (Fsp3) is 0.500. The summed E-state index contributed by atoms with van der Waals surface area (Å²) in [6.45, 7) is 1.63. The van der Waals surface area contributed by atoms with Crippen molar-refractivity contribution in [2.24, 2.45) is 0 Å². The first kappa shape index (κ1) is 19.3. The third-order valence-electron chi connectivity index (χ3n) is 4.89. The second-order valence-electron chi connectivity index (χ2n) is 6.64. The number of aldehydes is 1. The van der Waals surface area contributed by atoms with Gasteiger partial charge in [0.2, 0.25) is 5.91 Å². The Kier molecular flexibility index (Phi) is 5.79. The second kappa shape index (κ2) is 8.08. The zero-order valence-electron chi connectivity index (χ0n) is 14.7. The summed E-state index contributed by atoms with van der Waals surface area (Å²) in [5.41, 5.74) is -0.573. The SMILES string of the molecule is O=CC1CN(CC(=O)N2CC=C(C(F)(F)F)CC2)CCN1c1ccccn1. The van der Waals surface area contributed by atoms with Crippen LogP contribution in [0, 0.1) is 0 Å². The lowest BCUT2D eigenvalue weighted by atomic mass is 10.1. The highest BCUT2D eigenvalue weighted by Crippen LogP contribution is 2.30. The molecule has 1 unspecified atom stereocenters. The van der Waals surface area contributed by atoms with E-state index in [2.05, 4.69) is 4.98 Å². The average molecular weight is 382 g/mol. The number of nitrogens with zero attached hydrogens (tertiary/aromatic N) is 4. The van der Waals surface area contributed by atoms with Crippen LogP contribution in [0.3, 0.4) is 0 Å². The Hall–Kier alpha value is -2.42. The highest BCUT2D eigenvalue weighted by Gasteiger charge is 2.36. The van der Waals surface area contributed by atoms with Gasteiger partial charge in [0.1, 0.15) is 12.1 Å². The maximum atomic E-state index is 12.7. The van der Waals surface area contributed by atoms with Gasteiger partial charge >= 0.3 is 6.18 Å². The second-order valence-corrected chi connectivity index (χ2v) is 6.64. The molecule has 2 aliphatic rings. The monoisotopic (exact) mass is 382 g/mol. The largest absolute Gasteiger partial charge is 0.412 e. The molecule has 0 aromatic carbocycles. The van der Waals surface area contributed by atoms with Crippen LogP contribution < -0.4 is 4.90 Å². The minimum Gasteiger partial charge on any atom is -0.344 e. The molecule has 0 spiro atoms. The summed E-state index contributed by atoms with van der Waals surface area (Å²) in [6, 6.07) is 5.06. The number of carbonyl (C=O) groups excluding carboxylic acids is 2. The van der Waals surface area contributed by atoms with Crippen molar-refractivity contribution in [3.63, 3.8) is 0 Å². The Bertz CT molecular complexity index is 708. The number of alkyl halides is 3. The predicted octanol–water partition coefficient (Wildman–Crippen LogP) is 1.49. The lowest BCUT2D eigenvalue weighted by Crippen LogP contribution is -2.56. The number of piperazine rings is 1. The van der Waals surface area contributed by atoms with Crippen molar-refractivity contribution in [1.82, 2.24) is 14.8 Å². The van der Waals surface area contributed by atoms with Gasteiger partial charge in [-0.15, -0.1) is 0 Å². The van der Waals surface area contributed by atoms with Crippen molar-refractivity contribution in [3.05, 3.63) is 36.0 Å². The molecule has 1 amide bonds. The van der Waals surface area contributed by atoms with Crippen molar-refractivity contribution in [1.29, 1.82) is 0 Å². The van der Waals surface area contributed by atoms with Crippen LogP contribution in [-0.4, -0.2) is 78.5 Å². The molecule has 1 aromatic heterocycles. The van der Waals surface area contributed by atoms with E-state index in [4.69, 9.17) is 0 Å². The normalized spacial score (nSPS) is 21.7. The van der Waals surface area contributed by atoms with Crippen molar-refractivity contribution >= 4 is 18.0 Å². The van der Waals surface area contributed by atoms with E-state index >= 15 is 0 Å². The number of carbonyl (C=O) groups is 2. The van der Waals surface area contributed by atoms with E-state index in [9.17, 15) is 22.8 Å². The number of aromatic nitrogens is 1. The molecule has 0 saturated carbocycles. The first-order valence-corrected chi connectivity index (χ1v) is 8.78. The molecule has 9 heteroatoms. The van der Waals surface area contributed by atoms with Crippen LogP contribution in [0.25, 0.3) is 0 Å². The summed E-state index contributed by atoms with van der Waals surface area (Å²) in [7, 11) is 0. The topological polar surface area (TPSA) is 56.8 Å². The molecule has 1 fully saturated rings. The summed E-state index contributed by atoms with van der Waals surface area (Å²) in [5, 5.41) is 0. The molecule has 27 heavy (non-hydrogen) atoms. The molecule has 1 atom stereocenters. The molecular formula is C18H21F3N4O2. The molecule has 3 rings (SSSR count). The highest BCUT2D eigenvalue weighted by atomic mass is 19.4. The first-order chi connectivity index (χ1) is 12.9. The van der Waals surface area contributed by atoms with E-state index in [-0.39, 0.29) is 32.0 Å². The molecule has 1 aromatic rings. The van der Waals surface area contributed by atoms with Crippen molar-refractivity contribution < 1.29 is 22.8 Å². The molecule has 3 heterocycles. The van der Waals surface area contributed by atoms with Crippen molar-refractivity contribution in [2.45, 2.75) is 18.6 Å². The maximum Gasteiger partial charge on any atom is 0.412 e. The maximum absolute atomic E-state index is 12.7. The Labute approximate surface area is 155 Å². The lowest BCUT2D eigenvalue weighted by Gasteiger charge is -2.40. The van der Waals surface area contributed by atoms with Crippen LogP contribution >= 0.6 is 0 Å². The minimum absolute atomic E-state index is 0.0291. The first-order valence-electron chi connectivity index (χ1n) is 8.78. The average Bonchev–Trinajstić information content (AvgIpc) is 2.68. The summed E-state index contributed by atoms with van der Waals surface area (Å²) < 4.78 is 38.0. The standard InChI is InChI=1S/C18H21F3N4O2/c19-18(20,21)14-4-7-24(8-5-14)17(27)12-23-9-10-25(15(11-23)13-26)16-3-1-2-6-22-16/h1-4,6,13,15H,5,7-12H2. The quantitative estimate of drug-likeness (QED) is 0.584. The van der Waals surface area contributed by atoms with Crippen LogP contribution in [-0.2, 0) is 9.59 Å². The number of anilines is 1. The summed E-state index contributed by atoms with van der Waals surface area (Å²) in [6.07, 6.45) is -0.931. The zero-order valence-corrected chi connectivity index (χ0v) is 14.7. The molecule has 1 saturated heterocycles.